The Labute approximate surface area is 107 Å². The van der Waals surface area contributed by atoms with E-state index in [1.165, 1.54) is 0 Å². The van der Waals surface area contributed by atoms with Gasteiger partial charge in [0.15, 0.2) is 0 Å². The zero-order valence-corrected chi connectivity index (χ0v) is 11.1. The van der Waals surface area contributed by atoms with Gasteiger partial charge in [-0.25, -0.2) is 0 Å². The minimum atomic E-state index is 0.0987. The third-order valence-electron chi connectivity index (χ3n) is 2.36. The summed E-state index contributed by atoms with van der Waals surface area (Å²) < 4.78 is 0. The van der Waals surface area contributed by atoms with E-state index in [0.717, 1.165) is 29.8 Å². The number of nitrogens with one attached hydrogen (secondary N) is 1. The Hall–Kier alpha value is -1.00. The minimum absolute atomic E-state index is 0.0987. The maximum atomic E-state index is 11.5. The summed E-state index contributed by atoms with van der Waals surface area (Å²) in [4.78, 5) is 12.6. The summed E-state index contributed by atoms with van der Waals surface area (Å²) in [5.74, 6) is 0.569. The van der Waals surface area contributed by atoms with Gasteiger partial charge in [-0.1, -0.05) is 25.5 Å². The van der Waals surface area contributed by atoms with Crippen molar-refractivity contribution in [2.45, 2.75) is 31.2 Å². The highest BCUT2D eigenvalue weighted by molar-refractivity contribution is 8.00. The predicted molar refractivity (Wildman–Crippen MR) is 73.0 cm³/mol. The van der Waals surface area contributed by atoms with Gasteiger partial charge in [0.1, 0.15) is 0 Å². The predicted octanol–water partition coefficient (Wildman–Crippen LogP) is 2.15. The van der Waals surface area contributed by atoms with E-state index in [-0.39, 0.29) is 5.91 Å². The van der Waals surface area contributed by atoms with Crippen LogP contribution in [0.3, 0.4) is 0 Å². The van der Waals surface area contributed by atoms with Crippen LogP contribution in [0.2, 0.25) is 0 Å². The van der Waals surface area contributed by atoms with E-state index >= 15 is 0 Å². The fraction of sp³-hybridized carbons (Fsp3) is 0.462. The number of amides is 1. The second-order valence-corrected chi connectivity index (χ2v) is 4.89. The normalized spacial score (nSPS) is 10.2. The van der Waals surface area contributed by atoms with Crippen molar-refractivity contribution in [1.29, 1.82) is 0 Å². The van der Waals surface area contributed by atoms with Crippen molar-refractivity contribution in [3.05, 3.63) is 29.8 Å². The Kier molecular flexibility index (Phi) is 6.74. The minimum Gasteiger partial charge on any atom is -0.355 e. The van der Waals surface area contributed by atoms with Gasteiger partial charge in [0.2, 0.25) is 5.91 Å². The number of thioether (sulfide) groups is 1. The van der Waals surface area contributed by atoms with Crippen LogP contribution in [0.1, 0.15) is 25.3 Å². The molecule has 0 aliphatic rings. The quantitative estimate of drug-likeness (QED) is 0.577. The van der Waals surface area contributed by atoms with Gasteiger partial charge >= 0.3 is 0 Å². The van der Waals surface area contributed by atoms with Crippen LogP contribution in [0.5, 0.6) is 0 Å². The number of unbranched alkanes of at least 4 members (excludes halogenated alkanes) is 1. The van der Waals surface area contributed by atoms with Crippen LogP contribution in [-0.2, 0) is 11.3 Å². The molecule has 1 amide bonds. The molecule has 0 saturated heterocycles. The number of benzene rings is 1. The van der Waals surface area contributed by atoms with Crippen LogP contribution in [0.4, 0.5) is 0 Å². The third-order valence-corrected chi connectivity index (χ3v) is 3.35. The summed E-state index contributed by atoms with van der Waals surface area (Å²) >= 11 is 1.55. The average Bonchev–Trinajstić information content (AvgIpc) is 2.37. The van der Waals surface area contributed by atoms with Gasteiger partial charge in [0.05, 0.1) is 5.75 Å². The fourth-order valence-electron chi connectivity index (χ4n) is 1.37. The second kappa shape index (κ2) is 8.14. The first-order chi connectivity index (χ1) is 8.26. The molecule has 0 atom stereocenters. The average molecular weight is 252 g/mol. The van der Waals surface area contributed by atoms with Crippen molar-refractivity contribution in [3.63, 3.8) is 0 Å². The first-order valence-electron chi connectivity index (χ1n) is 5.94. The van der Waals surface area contributed by atoms with Crippen molar-refractivity contribution < 1.29 is 4.79 Å². The van der Waals surface area contributed by atoms with Crippen LogP contribution in [-0.4, -0.2) is 18.2 Å². The van der Waals surface area contributed by atoms with Crippen LogP contribution in [0.25, 0.3) is 0 Å². The van der Waals surface area contributed by atoms with Crippen molar-refractivity contribution in [2.75, 3.05) is 12.3 Å². The molecule has 94 valence electrons. The lowest BCUT2D eigenvalue weighted by Crippen LogP contribution is -2.25. The third kappa shape index (κ3) is 5.75. The SMILES string of the molecule is CCCCNC(=O)CSc1cccc(CN)c1. The van der Waals surface area contributed by atoms with E-state index in [1.807, 2.05) is 24.3 Å². The van der Waals surface area contributed by atoms with Gasteiger partial charge in [0, 0.05) is 18.0 Å². The molecule has 3 N–H and O–H groups in total. The molecule has 0 radical (unpaired) electrons. The highest BCUT2D eigenvalue weighted by Gasteiger charge is 2.02. The van der Waals surface area contributed by atoms with Crippen LogP contribution in [0, 0.1) is 0 Å². The molecular formula is C13H20N2OS. The Balaban J connectivity index is 2.31. The highest BCUT2D eigenvalue weighted by Crippen LogP contribution is 2.18. The van der Waals surface area contributed by atoms with Crippen molar-refractivity contribution in [3.8, 4) is 0 Å². The Bertz CT molecular complexity index is 355. The van der Waals surface area contributed by atoms with Crippen LogP contribution >= 0.6 is 11.8 Å². The van der Waals surface area contributed by atoms with Crippen LogP contribution in [0.15, 0.2) is 29.2 Å². The standard InChI is InChI=1S/C13H20N2OS/c1-2-3-7-15-13(16)10-17-12-6-4-5-11(8-12)9-14/h4-6,8H,2-3,7,9-10,14H2,1H3,(H,15,16). The van der Waals surface area contributed by atoms with Gasteiger partial charge in [0.25, 0.3) is 0 Å². The molecule has 1 aromatic rings. The zero-order valence-electron chi connectivity index (χ0n) is 10.2. The first kappa shape index (κ1) is 14.1. The molecule has 0 aliphatic carbocycles. The molecule has 4 heteroatoms. The molecule has 17 heavy (non-hydrogen) atoms. The topological polar surface area (TPSA) is 55.1 Å². The Morgan fingerprint density at radius 1 is 1.47 bits per heavy atom. The van der Waals surface area contributed by atoms with E-state index in [2.05, 4.69) is 12.2 Å². The second-order valence-electron chi connectivity index (χ2n) is 3.84. The van der Waals surface area contributed by atoms with E-state index in [1.54, 1.807) is 11.8 Å². The van der Waals surface area contributed by atoms with Gasteiger partial charge in [-0.2, -0.15) is 0 Å². The summed E-state index contributed by atoms with van der Waals surface area (Å²) in [6.45, 7) is 3.43. The number of nitrogens with two attached hydrogens (primary N) is 1. The molecule has 1 aromatic carbocycles. The maximum Gasteiger partial charge on any atom is 0.230 e. The van der Waals surface area contributed by atoms with Gasteiger partial charge in [-0.3, -0.25) is 4.79 Å². The molecule has 0 spiro atoms. The molecule has 0 fully saturated rings. The largest absolute Gasteiger partial charge is 0.355 e. The lowest BCUT2D eigenvalue weighted by Gasteiger charge is -2.05. The van der Waals surface area contributed by atoms with E-state index in [9.17, 15) is 4.79 Å². The van der Waals surface area contributed by atoms with Gasteiger partial charge in [-0.15, -0.1) is 11.8 Å². The molecular weight excluding hydrogens is 232 g/mol. The number of hydrogen-bond donors (Lipinski definition) is 2. The Morgan fingerprint density at radius 2 is 2.29 bits per heavy atom. The molecule has 0 saturated carbocycles. The van der Waals surface area contributed by atoms with Crippen molar-refractivity contribution in [1.82, 2.24) is 5.32 Å². The zero-order chi connectivity index (χ0) is 12.5. The molecule has 0 aromatic heterocycles. The number of rotatable bonds is 7. The highest BCUT2D eigenvalue weighted by atomic mass is 32.2. The fourth-order valence-corrected chi connectivity index (χ4v) is 2.18. The number of hydrogen-bond acceptors (Lipinski definition) is 3. The number of carbonyl (C=O) groups excluding carboxylic acids is 1. The van der Waals surface area contributed by atoms with E-state index in [0.29, 0.717) is 12.3 Å². The summed E-state index contributed by atoms with van der Waals surface area (Å²) in [5.41, 5.74) is 6.67. The van der Waals surface area contributed by atoms with Gasteiger partial charge in [-0.05, 0) is 24.1 Å². The monoisotopic (exact) mass is 252 g/mol. The molecule has 0 aliphatic heterocycles. The van der Waals surface area contributed by atoms with Gasteiger partial charge < -0.3 is 11.1 Å². The summed E-state index contributed by atoms with van der Waals surface area (Å²) in [7, 11) is 0. The molecule has 0 heterocycles. The van der Waals surface area contributed by atoms with Crippen molar-refractivity contribution >= 4 is 17.7 Å². The van der Waals surface area contributed by atoms with E-state index < -0.39 is 0 Å². The summed E-state index contributed by atoms with van der Waals surface area (Å²) in [5, 5.41) is 2.90. The number of carbonyl (C=O) groups is 1. The molecule has 0 unspecified atom stereocenters. The Morgan fingerprint density at radius 3 is 3.00 bits per heavy atom. The van der Waals surface area contributed by atoms with E-state index in [4.69, 9.17) is 5.73 Å². The lowest BCUT2D eigenvalue weighted by atomic mass is 10.2. The smallest absolute Gasteiger partial charge is 0.230 e. The lowest BCUT2D eigenvalue weighted by molar-refractivity contribution is -0.118. The van der Waals surface area contributed by atoms with Crippen LogP contribution < -0.4 is 11.1 Å². The molecule has 0 bridgehead atoms. The maximum absolute atomic E-state index is 11.5. The first-order valence-corrected chi connectivity index (χ1v) is 6.93. The molecule has 1 rings (SSSR count). The molecule has 3 nitrogen and oxygen atoms in total. The van der Waals surface area contributed by atoms with Crippen molar-refractivity contribution in [2.24, 2.45) is 5.73 Å². The summed E-state index contributed by atoms with van der Waals surface area (Å²) in [6.07, 6.45) is 2.14. The summed E-state index contributed by atoms with van der Waals surface area (Å²) in [6, 6.07) is 8.00.